The topological polar surface area (TPSA) is 114 Å². The van der Waals surface area contributed by atoms with E-state index in [4.69, 9.17) is 55.9 Å². The maximum absolute atomic E-state index is 10.8. The summed E-state index contributed by atoms with van der Waals surface area (Å²) < 4.78 is 11.9. The zero-order valence-electron chi connectivity index (χ0n) is 29.1. The van der Waals surface area contributed by atoms with Gasteiger partial charge < -0.3 is 29.2 Å². The molecule has 0 saturated carbocycles. The molecular formula is C40H57Cl4IN6O4. The van der Waals surface area contributed by atoms with Gasteiger partial charge in [0.15, 0.2) is 0 Å². The van der Waals surface area contributed by atoms with Crippen LogP contribution in [-0.2, 0) is 17.6 Å². The largest absolute Gasteiger partial charge is 0.474 e. The van der Waals surface area contributed by atoms with E-state index in [0.717, 1.165) is 72.8 Å². The van der Waals surface area contributed by atoms with Crippen LogP contribution in [0.15, 0.2) is 36.4 Å². The minimum absolute atomic E-state index is 0. The van der Waals surface area contributed by atoms with E-state index in [1.165, 1.54) is 0 Å². The molecule has 0 spiro atoms. The molecule has 1 N–H and O–H groups in total. The van der Waals surface area contributed by atoms with Crippen LogP contribution in [0.25, 0.3) is 0 Å². The van der Waals surface area contributed by atoms with Crippen LogP contribution in [0, 0.1) is 13.8 Å². The van der Waals surface area contributed by atoms with Gasteiger partial charge in [0.2, 0.25) is 11.8 Å². The van der Waals surface area contributed by atoms with Gasteiger partial charge in [-0.3, -0.25) is 0 Å². The second kappa shape index (κ2) is 24.8. The van der Waals surface area contributed by atoms with Crippen molar-refractivity contribution in [2.75, 3.05) is 34.4 Å². The van der Waals surface area contributed by atoms with Gasteiger partial charge in [-0.15, -0.1) is 0 Å². The lowest BCUT2D eigenvalue weighted by Crippen LogP contribution is -2.21. The third kappa shape index (κ3) is 12.9. The average Bonchev–Trinajstić information content (AvgIpc) is 3.73. The van der Waals surface area contributed by atoms with E-state index in [0.29, 0.717) is 56.3 Å². The summed E-state index contributed by atoms with van der Waals surface area (Å²) in [5.41, 5.74) is 3.60. The van der Waals surface area contributed by atoms with Crippen molar-refractivity contribution in [1.29, 1.82) is 0 Å². The van der Waals surface area contributed by atoms with Gasteiger partial charge >= 0.3 is 0 Å². The molecule has 6 rings (SSSR count). The molecule has 15 heteroatoms. The number of carbonyl (C=O) groups is 1. The molecule has 2 atom stereocenters. The Balaban J connectivity index is 0.000000949. The summed E-state index contributed by atoms with van der Waals surface area (Å²) in [7, 11) is 0. The number of hydrogen-bond donors (Lipinski definition) is 1. The quantitative estimate of drug-likeness (QED) is 0.0885. The zero-order valence-corrected chi connectivity index (χ0v) is 34.3. The highest BCUT2D eigenvalue weighted by Gasteiger charge is 2.30. The third-order valence-electron chi connectivity index (χ3n) is 8.23. The molecule has 0 saturated heterocycles. The van der Waals surface area contributed by atoms with Crippen molar-refractivity contribution in [3.05, 3.63) is 79.3 Å². The molecule has 2 unspecified atom stereocenters. The molecule has 306 valence electrons. The maximum Gasteiger partial charge on any atom is 0.222 e. The smallest absolute Gasteiger partial charge is 0.222 e. The van der Waals surface area contributed by atoms with Crippen LogP contribution in [0.1, 0.15) is 85.6 Å². The molecule has 0 aliphatic carbocycles. The van der Waals surface area contributed by atoms with Gasteiger partial charge in [0.05, 0.1) is 39.2 Å². The van der Waals surface area contributed by atoms with Gasteiger partial charge in [-0.2, -0.15) is 9.97 Å². The molecular weight excluding hydrogens is 895 g/mol. The number of aromatic nitrogens is 4. The number of anilines is 4. The van der Waals surface area contributed by atoms with Crippen molar-refractivity contribution >= 4 is 98.3 Å². The zero-order chi connectivity index (χ0) is 37.2. The Hall–Kier alpha value is -2.68. The molecule has 10 nitrogen and oxygen atoms in total. The first kappa shape index (κ1) is 52.3. The van der Waals surface area contributed by atoms with E-state index in [-0.39, 0.29) is 48.5 Å². The molecule has 0 amide bonds. The highest BCUT2D eigenvalue weighted by molar-refractivity contribution is 14.1. The minimum Gasteiger partial charge on any atom is -0.474 e. The van der Waals surface area contributed by atoms with Gasteiger partial charge in [0.25, 0.3) is 0 Å². The fraction of sp³-hybridized carbons (Fsp3) is 0.475. The summed E-state index contributed by atoms with van der Waals surface area (Å²) in [5, 5.41) is 11.7. The Morgan fingerprint density at radius 1 is 0.727 bits per heavy atom. The lowest BCUT2D eigenvalue weighted by molar-refractivity contribution is -0.109. The number of benzene rings is 2. The fourth-order valence-corrected chi connectivity index (χ4v) is 6.71. The molecule has 2 aliphatic rings. The summed E-state index contributed by atoms with van der Waals surface area (Å²) in [6, 6.07) is 10.8. The van der Waals surface area contributed by atoms with E-state index in [1.54, 1.807) is 12.1 Å². The van der Waals surface area contributed by atoms with Crippen LogP contribution < -0.4 is 19.3 Å². The number of halogens is 5. The molecule has 0 fully saturated rings. The van der Waals surface area contributed by atoms with Crippen molar-refractivity contribution in [2.45, 2.75) is 102 Å². The average molecular weight is 953 g/mol. The number of nitrogens with zero attached hydrogens (tertiary/aromatic N) is 6. The van der Waals surface area contributed by atoms with E-state index >= 15 is 0 Å². The van der Waals surface area contributed by atoms with E-state index in [9.17, 15) is 9.90 Å². The van der Waals surface area contributed by atoms with Crippen molar-refractivity contribution in [2.24, 2.45) is 0 Å². The summed E-state index contributed by atoms with van der Waals surface area (Å²) in [6.45, 7) is 9.04. The van der Waals surface area contributed by atoms with Gasteiger partial charge in [-0.05, 0) is 80.9 Å². The van der Waals surface area contributed by atoms with Crippen molar-refractivity contribution in [3.8, 4) is 11.8 Å². The number of aliphatic hydroxyl groups is 1. The Morgan fingerprint density at radius 2 is 1.13 bits per heavy atom. The fourth-order valence-electron chi connectivity index (χ4n) is 5.69. The van der Waals surface area contributed by atoms with Crippen LogP contribution >= 0.6 is 69.0 Å². The van der Waals surface area contributed by atoms with Crippen LogP contribution in [-0.4, -0.2) is 68.2 Å². The summed E-state index contributed by atoms with van der Waals surface area (Å²) in [5.74, 6) is 3.94. The number of fused-ring (bicyclic) bond motifs is 2. The number of hydrogen-bond acceptors (Lipinski definition) is 10. The number of aryl methyl sites for hydroxylation is 2. The Bertz CT molecular complexity index is 1820. The molecule has 0 radical (unpaired) electrons. The lowest BCUT2D eigenvalue weighted by Gasteiger charge is -2.21. The van der Waals surface area contributed by atoms with Crippen molar-refractivity contribution < 1.29 is 19.4 Å². The predicted molar refractivity (Wildman–Crippen MR) is 242 cm³/mol. The third-order valence-corrected chi connectivity index (χ3v) is 9.31. The molecule has 4 aromatic rings. The van der Waals surface area contributed by atoms with Crippen LogP contribution in [0.4, 0.5) is 23.0 Å². The minimum atomic E-state index is -0.267. The molecule has 2 aromatic heterocycles. The maximum atomic E-state index is 10.8. The molecule has 0 bridgehead atoms. The number of carbonyl (C=O) groups excluding carboxylic acids is 1. The number of aldehydes is 1. The van der Waals surface area contributed by atoms with E-state index in [1.807, 2.05) is 56.9 Å². The summed E-state index contributed by atoms with van der Waals surface area (Å²) >= 11 is 26.9. The number of aliphatic hydroxyl groups excluding tert-OH is 1. The lowest BCUT2D eigenvalue weighted by atomic mass is 10.0. The van der Waals surface area contributed by atoms with Gasteiger partial charge in [0, 0.05) is 29.6 Å². The van der Waals surface area contributed by atoms with Gasteiger partial charge in [-0.1, -0.05) is 113 Å². The summed E-state index contributed by atoms with van der Waals surface area (Å²) in [4.78, 5) is 34.9. The highest BCUT2D eigenvalue weighted by Crippen LogP contribution is 2.42. The number of rotatable bonds is 11. The van der Waals surface area contributed by atoms with Crippen LogP contribution in [0.2, 0.25) is 20.1 Å². The monoisotopic (exact) mass is 950 g/mol. The molecule has 55 heavy (non-hydrogen) atoms. The molecule has 4 heterocycles. The van der Waals surface area contributed by atoms with E-state index < -0.39 is 0 Å². The van der Waals surface area contributed by atoms with Crippen LogP contribution in [0.5, 0.6) is 11.8 Å². The van der Waals surface area contributed by atoms with Crippen molar-refractivity contribution in [3.63, 3.8) is 0 Å². The molecule has 2 aliphatic heterocycles. The second-order valence-corrected chi connectivity index (χ2v) is 13.3. The Morgan fingerprint density at radius 3 is 1.47 bits per heavy atom. The molecule has 2 aromatic carbocycles. The number of ether oxygens (including phenoxy) is 2. The Kier molecular flexibility index (Phi) is 23.6. The standard InChI is InChI=1S/C18H19Cl2N3O2.C17H19Cl2N3O2.CH3I.4CH4/c1-3-13(7-9-24)25-18-14-6-8-23(17(14)21-11(2)22-18)16-5-4-12(19)10-15(16)20;1-3-12(9-23)24-17-13-6-7-22(16(13)20-10(2)21-17)15-5-4-11(18)8-14(15)19;1-2;;;;/h4-5,9-10,13H,3,6-8H2,1-2H3;4-5,8,12,23H,3,6-7,9H2,1-2H3;1H3;4*1H4/i9-1;;1-1;;;;. The first-order valence-corrected chi connectivity index (χ1v) is 20.2. The number of alkyl halides is 1. The van der Waals surface area contributed by atoms with Gasteiger partial charge in [-0.25, -0.2) is 9.97 Å². The Labute approximate surface area is 362 Å². The van der Waals surface area contributed by atoms with Crippen LogP contribution in [0.3, 0.4) is 0 Å². The highest BCUT2D eigenvalue weighted by atomic mass is 127. The first-order chi connectivity index (χ1) is 24.6. The SMILES string of the molecule is C.C.C.C.CCC(CO)Oc1nc(C)nc2c1CCN2c1ccc(Cl)cc1Cl.CCC(C[11CH]=O)Oc1nc(C)nc2c1CCN2c1ccc(Cl)cc1Cl.[11CH3]I. The first-order valence-electron chi connectivity index (χ1n) is 16.5. The summed E-state index contributed by atoms with van der Waals surface area (Å²) in [6.07, 6.45) is 3.74. The predicted octanol–water partition coefficient (Wildman–Crippen LogP) is 12.1. The normalized spacial score (nSPS) is 13.0. The second-order valence-electron chi connectivity index (χ2n) is 11.6. The van der Waals surface area contributed by atoms with Gasteiger partial charge in [0.1, 0.15) is 41.8 Å². The van der Waals surface area contributed by atoms with Crippen molar-refractivity contribution in [1.82, 2.24) is 19.9 Å². The van der Waals surface area contributed by atoms with E-state index in [2.05, 4.69) is 52.3 Å².